The first kappa shape index (κ1) is 16.2. The second kappa shape index (κ2) is 6.57. The number of nitrogens with two attached hydrogens (primary N) is 1. The van der Waals surface area contributed by atoms with Gasteiger partial charge >= 0.3 is 0 Å². The Morgan fingerprint density at radius 2 is 2.24 bits per heavy atom. The summed E-state index contributed by atoms with van der Waals surface area (Å²) in [7, 11) is 0. The van der Waals surface area contributed by atoms with Gasteiger partial charge in [-0.2, -0.15) is 5.10 Å². The van der Waals surface area contributed by atoms with E-state index in [1.165, 1.54) is 0 Å². The smallest absolute Gasteiger partial charge is 0.194 e. The van der Waals surface area contributed by atoms with Crippen molar-refractivity contribution in [2.45, 2.75) is 19.8 Å². The van der Waals surface area contributed by atoms with Gasteiger partial charge in [0.05, 0.1) is 11.2 Å². The molecule has 0 aliphatic carbocycles. The predicted molar refractivity (Wildman–Crippen MR) is 98.7 cm³/mol. The lowest BCUT2D eigenvalue weighted by atomic mass is 9.98. The molecule has 0 bridgehead atoms. The molecule has 1 saturated heterocycles. The summed E-state index contributed by atoms with van der Waals surface area (Å²) in [5.74, 6) is 1.72. The number of anilines is 1. The Balaban J connectivity index is 1.71. The molecule has 3 N–H and O–H groups in total. The van der Waals surface area contributed by atoms with Crippen LogP contribution in [0.4, 0.5) is 5.82 Å². The molecule has 2 aromatic heterocycles. The molecule has 0 radical (unpaired) electrons. The first-order valence-electron chi connectivity index (χ1n) is 8.46. The van der Waals surface area contributed by atoms with E-state index in [2.05, 4.69) is 25.3 Å². The monoisotopic (exact) mass is 357 g/mol. The summed E-state index contributed by atoms with van der Waals surface area (Å²) in [5.41, 5.74) is 8.68. The molecule has 1 unspecified atom stereocenters. The van der Waals surface area contributed by atoms with Gasteiger partial charge in [0.2, 0.25) is 0 Å². The fraction of sp³-hybridized carbons (Fsp3) is 0.412. The number of aryl methyl sites for hydroxylation is 1. The average Bonchev–Trinajstić information content (AvgIpc) is 3.02. The number of benzene rings is 1. The van der Waals surface area contributed by atoms with Crippen molar-refractivity contribution in [3.8, 4) is 11.4 Å². The number of hydrogen-bond acceptors (Lipinski definition) is 6. The van der Waals surface area contributed by atoms with Crippen molar-refractivity contribution in [3.05, 3.63) is 29.0 Å². The minimum atomic E-state index is 0.335. The molecule has 130 valence electrons. The molecule has 3 heterocycles. The Kier molecular flexibility index (Phi) is 4.27. The fourth-order valence-electron chi connectivity index (χ4n) is 3.36. The van der Waals surface area contributed by atoms with E-state index in [4.69, 9.17) is 22.3 Å². The Bertz CT molecular complexity index is 907. The van der Waals surface area contributed by atoms with Gasteiger partial charge in [0.15, 0.2) is 16.8 Å². The maximum absolute atomic E-state index is 6.29. The van der Waals surface area contributed by atoms with Crippen LogP contribution in [0.25, 0.3) is 22.3 Å². The van der Waals surface area contributed by atoms with E-state index < -0.39 is 0 Å². The van der Waals surface area contributed by atoms with Gasteiger partial charge in [-0.25, -0.2) is 4.98 Å². The minimum Gasteiger partial charge on any atom is -0.354 e. The van der Waals surface area contributed by atoms with Crippen LogP contribution in [0.5, 0.6) is 0 Å². The van der Waals surface area contributed by atoms with Crippen LogP contribution in [0.3, 0.4) is 0 Å². The molecule has 4 rings (SSSR count). The highest BCUT2D eigenvalue weighted by molar-refractivity contribution is 6.31. The first-order valence-corrected chi connectivity index (χ1v) is 8.84. The third kappa shape index (κ3) is 3.05. The van der Waals surface area contributed by atoms with Crippen molar-refractivity contribution in [1.82, 2.24) is 25.4 Å². The topological polar surface area (TPSA) is 96.6 Å². The Morgan fingerprint density at radius 3 is 3.08 bits per heavy atom. The lowest BCUT2D eigenvalue weighted by Crippen LogP contribution is -2.39. The highest BCUT2D eigenvalue weighted by Gasteiger charge is 2.23. The number of aromatic amines is 1. The first-order chi connectivity index (χ1) is 12.2. The molecule has 25 heavy (non-hydrogen) atoms. The van der Waals surface area contributed by atoms with Crippen LogP contribution in [0.15, 0.2) is 18.2 Å². The zero-order valence-electron chi connectivity index (χ0n) is 14.0. The molecule has 0 amide bonds. The van der Waals surface area contributed by atoms with E-state index in [9.17, 15) is 0 Å². The summed E-state index contributed by atoms with van der Waals surface area (Å²) in [6.45, 7) is 4.41. The molecule has 1 aromatic carbocycles. The van der Waals surface area contributed by atoms with Gasteiger partial charge in [-0.1, -0.05) is 11.6 Å². The number of rotatable bonds is 3. The normalized spacial score (nSPS) is 18.0. The third-order valence-electron chi connectivity index (χ3n) is 4.79. The van der Waals surface area contributed by atoms with Crippen LogP contribution in [0, 0.1) is 12.8 Å². The van der Waals surface area contributed by atoms with E-state index in [1.807, 2.05) is 25.1 Å². The van der Waals surface area contributed by atoms with Crippen LogP contribution in [-0.4, -0.2) is 45.0 Å². The van der Waals surface area contributed by atoms with Crippen LogP contribution in [0.1, 0.15) is 18.5 Å². The summed E-state index contributed by atoms with van der Waals surface area (Å²) >= 11 is 6.29. The molecule has 1 fully saturated rings. The van der Waals surface area contributed by atoms with E-state index >= 15 is 0 Å². The molecule has 1 aliphatic rings. The van der Waals surface area contributed by atoms with Crippen molar-refractivity contribution < 1.29 is 0 Å². The van der Waals surface area contributed by atoms with Crippen molar-refractivity contribution in [2.75, 3.05) is 24.5 Å². The van der Waals surface area contributed by atoms with Gasteiger partial charge in [0.25, 0.3) is 0 Å². The minimum absolute atomic E-state index is 0.335. The van der Waals surface area contributed by atoms with Gasteiger partial charge in [-0.15, -0.1) is 10.2 Å². The van der Waals surface area contributed by atoms with Crippen molar-refractivity contribution in [2.24, 2.45) is 11.7 Å². The second-order valence-corrected chi connectivity index (χ2v) is 6.87. The largest absolute Gasteiger partial charge is 0.354 e. The lowest BCUT2D eigenvalue weighted by molar-refractivity contribution is 0.421. The van der Waals surface area contributed by atoms with E-state index in [0.29, 0.717) is 29.3 Å². The summed E-state index contributed by atoms with van der Waals surface area (Å²) in [4.78, 5) is 6.87. The van der Waals surface area contributed by atoms with Gasteiger partial charge in [0, 0.05) is 24.0 Å². The number of nitrogens with zero attached hydrogens (tertiary/aromatic N) is 5. The quantitative estimate of drug-likeness (QED) is 0.747. The fourth-order valence-corrected chi connectivity index (χ4v) is 3.56. The standard InChI is InChI=1S/C17H20ClN7/c1-10-13-7-12(4-5-14(13)22-21-10)16-20-17(15(18)23-24-16)25-6-2-3-11(8-19)9-25/h4-5,7,11H,2-3,6,8-9,19H2,1H3,(H,21,22). The summed E-state index contributed by atoms with van der Waals surface area (Å²) in [5, 5.41) is 16.9. The molecular weight excluding hydrogens is 338 g/mol. The molecule has 7 nitrogen and oxygen atoms in total. The summed E-state index contributed by atoms with van der Waals surface area (Å²) in [6.07, 6.45) is 2.23. The highest BCUT2D eigenvalue weighted by Crippen LogP contribution is 2.29. The zero-order chi connectivity index (χ0) is 17.4. The lowest BCUT2D eigenvalue weighted by Gasteiger charge is -2.33. The molecule has 1 atom stereocenters. The van der Waals surface area contributed by atoms with Crippen LogP contribution < -0.4 is 10.6 Å². The Morgan fingerprint density at radius 1 is 1.36 bits per heavy atom. The molecule has 3 aromatic rings. The number of H-pyrrole nitrogens is 1. The van der Waals surface area contributed by atoms with Crippen molar-refractivity contribution in [3.63, 3.8) is 0 Å². The van der Waals surface area contributed by atoms with Crippen LogP contribution >= 0.6 is 11.6 Å². The number of aromatic nitrogens is 5. The number of nitrogens with one attached hydrogen (secondary N) is 1. The predicted octanol–water partition coefficient (Wildman–Crippen LogP) is 2.55. The molecule has 0 spiro atoms. The van der Waals surface area contributed by atoms with Crippen molar-refractivity contribution >= 4 is 28.3 Å². The van der Waals surface area contributed by atoms with Crippen LogP contribution in [-0.2, 0) is 0 Å². The Labute approximate surface area is 150 Å². The molecule has 0 saturated carbocycles. The summed E-state index contributed by atoms with van der Waals surface area (Å²) < 4.78 is 0. The molecule has 8 heteroatoms. The number of hydrogen-bond donors (Lipinski definition) is 2. The van der Waals surface area contributed by atoms with E-state index in [1.54, 1.807) is 0 Å². The average molecular weight is 358 g/mol. The van der Waals surface area contributed by atoms with E-state index in [0.717, 1.165) is 48.1 Å². The van der Waals surface area contributed by atoms with Gasteiger partial charge in [0.1, 0.15) is 0 Å². The summed E-state index contributed by atoms with van der Waals surface area (Å²) in [6, 6.07) is 5.98. The highest BCUT2D eigenvalue weighted by atomic mass is 35.5. The van der Waals surface area contributed by atoms with Crippen molar-refractivity contribution in [1.29, 1.82) is 0 Å². The number of halogens is 1. The van der Waals surface area contributed by atoms with Gasteiger partial charge < -0.3 is 10.6 Å². The maximum Gasteiger partial charge on any atom is 0.194 e. The Hall–Kier alpha value is -2.25. The van der Waals surface area contributed by atoms with Gasteiger partial charge in [-0.05, 0) is 50.4 Å². The third-order valence-corrected chi connectivity index (χ3v) is 5.04. The second-order valence-electron chi connectivity index (χ2n) is 6.51. The zero-order valence-corrected chi connectivity index (χ0v) is 14.8. The maximum atomic E-state index is 6.29. The SMILES string of the molecule is Cc1n[nH]c2ccc(-c3nnc(Cl)c(N4CCCC(CN)C4)n3)cc12. The van der Waals surface area contributed by atoms with E-state index in [-0.39, 0.29) is 0 Å². The number of piperidine rings is 1. The molecule has 1 aliphatic heterocycles. The van der Waals surface area contributed by atoms with Crippen LogP contribution in [0.2, 0.25) is 5.15 Å². The molecular formula is C17H20ClN7. The number of fused-ring (bicyclic) bond motifs is 1. The van der Waals surface area contributed by atoms with Gasteiger partial charge in [-0.3, -0.25) is 5.10 Å².